The molecule has 0 rings (SSSR count). The van der Waals surface area contributed by atoms with Gasteiger partial charge in [-0.2, -0.15) is 0 Å². The molecule has 0 saturated carbocycles. The highest BCUT2D eigenvalue weighted by Gasteiger charge is 2.25. The summed E-state index contributed by atoms with van der Waals surface area (Å²) in [4.78, 5) is 0. The van der Waals surface area contributed by atoms with Gasteiger partial charge in [0.1, 0.15) is 0 Å². The van der Waals surface area contributed by atoms with Gasteiger partial charge in [-0.1, -0.05) is 77.9 Å². The van der Waals surface area contributed by atoms with Gasteiger partial charge in [0.2, 0.25) is 0 Å². The first-order valence-corrected chi connectivity index (χ1v) is 9.28. The van der Waals surface area contributed by atoms with E-state index in [0.29, 0.717) is 0 Å². The summed E-state index contributed by atoms with van der Waals surface area (Å²) in [6.45, 7) is 9.46. The van der Waals surface area contributed by atoms with Gasteiger partial charge in [0, 0.05) is 0 Å². The van der Waals surface area contributed by atoms with Crippen molar-refractivity contribution < 1.29 is 0 Å². The van der Waals surface area contributed by atoms with Gasteiger partial charge in [0.05, 0.1) is 8.07 Å². The summed E-state index contributed by atoms with van der Waals surface area (Å²) < 4.78 is 0. The van der Waals surface area contributed by atoms with Gasteiger partial charge in [0.25, 0.3) is 0 Å². The summed E-state index contributed by atoms with van der Waals surface area (Å²) in [7, 11) is -0.903. The van der Waals surface area contributed by atoms with Crippen molar-refractivity contribution in [3.05, 3.63) is 6.04 Å². The molecule has 14 heavy (non-hydrogen) atoms. The molecule has 0 N–H and O–H groups in total. The average Bonchev–Trinajstić information content (AvgIpc) is 2.24. The lowest BCUT2D eigenvalue weighted by Crippen LogP contribution is -2.32. The Kier molecular flexibility index (Phi) is 8.65. The Balaban J connectivity index is 3.61. The zero-order valence-electron chi connectivity index (χ0n) is 10.7. The largest absolute Gasteiger partial charge is 0.0678 e. The third-order valence-electron chi connectivity index (χ3n) is 3.75. The second kappa shape index (κ2) is 8.52. The molecule has 0 aromatic carbocycles. The third-order valence-corrected chi connectivity index (χ3v) is 9.13. The third kappa shape index (κ3) is 5.19. The van der Waals surface area contributed by atoms with Gasteiger partial charge in [0.15, 0.2) is 0 Å². The Hall–Kier alpha value is 0.217. The summed E-state index contributed by atoms with van der Waals surface area (Å²) in [6, 6.07) is 7.10. The zero-order chi connectivity index (χ0) is 10.9. The molecule has 1 heteroatoms. The number of rotatable bonds is 9. The maximum Gasteiger partial charge on any atom is 0.0558 e. The standard InChI is InChI=1S/C13H29Si/c1-5-9-10-11-12-13-14(6-2,7-3)8-4/h13H,5-12H2,1-4H3. The van der Waals surface area contributed by atoms with E-state index >= 15 is 0 Å². The second-order valence-electron chi connectivity index (χ2n) is 4.48. The first-order valence-electron chi connectivity index (χ1n) is 6.59. The minimum atomic E-state index is -0.903. The maximum atomic E-state index is 2.74. The highest BCUT2D eigenvalue weighted by atomic mass is 28.3. The quantitative estimate of drug-likeness (QED) is 0.364. The monoisotopic (exact) mass is 213 g/mol. The fourth-order valence-corrected chi connectivity index (χ4v) is 5.34. The minimum absolute atomic E-state index is 0.903. The molecule has 0 amide bonds. The Morgan fingerprint density at radius 1 is 0.786 bits per heavy atom. The first-order chi connectivity index (χ1) is 6.74. The Morgan fingerprint density at radius 2 is 1.36 bits per heavy atom. The van der Waals surface area contributed by atoms with Crippen LogP contribution in [0, 0.1) is 6.04 Å². The van der Waals surface area contributed by atoms with E-state index in [0.717, 1.165) is 0 Å². The second-order valence-corrected chi connectivity index (χ2v) is 9.73. The van der Waals surface area contributed by atoms with Gasteiger partial charge in [-0.25, -0.2) is 0 Å². The maximum absolute atomic E-state index is 2.74. The minimum Gasteiger partial charge on any atom is -0.0678 e. The normalized spacial score (nSPS) is 12.0. The average molecular weight is 213 g/mol. The van der Waals surface area contributed by atoms with Crippen LogP contribution in [0.5, 0.6) is 0 Å². The van der Waals surface area contributed by atoms with Crippen LogP contribution in [0.1, 0.15) is 59.8 Å². The van der Waals surface area contributed by atoms with Crippen LogP contribution in [0.4, 0.5) is 0 Å². The van der Waals surface area contributed by atoms with Crippen LogP contribution in [0.25, 0.3) is 0 Å². The lowest BCUT2D eigenvalue weighted by Gasteiger charge is -2.27. The Labute approximate surface area is 92.5 Å². The van der Waals surface area contributed by atoms with E-state index < -0.39 is 8.07 Å². The lowest BCUT2D eigenvalue weighted by atomic mass is 10.2. The van der Waals surface area contributed by atoms with Crippen LogP contribution in [0.15, 0.2) is 0 Å². The molecule has 0 aliphatic heterocycles. The van der Waals surface area contributed by atoms with Gasteiger partial charge in [-0.05, 0) is 6.04 Å². The molecule has 0 aliphatic carbocycles. The van der Waals surface area contributed by atoms with Crippen molar-refractivity contribution >= 4 is 8.07 Å². The van der Waals surface area contributed by atoms with Crippen LogP contribution in [0.2, 0.25) is 18.1 Å². The number of hydrogen-bond donors (Lipinski definition) is 0. The van der Waals surface area contributed by atoms with Gasteiger partial charge in [-0.15, -0.1) is 0 Å². The lowest BCUT2D eigenvalue weighted by molar-refractivity contribution is 0.668. The summed E-state index contributed by atoms with van der Waals surface area (Å²) in [6.07, 6.45) is 7.05. The molecule has 0 spiro atoms. The van der Waals surface area contributed by atoms with E-state index in [4.69, 9.17) is 0 Å². The molecule has 0 heterocycles. The molecule has 0 fully saturated rings. The molecule has 0 atom stereocenters. The van der Waals surface area contributed by atoms with Gasteiger partial charge in [-0.3, -0.25) is 0 Å². The fourth-order valence-electron chi connectivity index (χ4n) is 2.16. The molecule has 0 aliphatic rings. The molecule has 0 saturated heterocycles. The van der Waals surface area contributed by atoms with Crippen molar-refractivity contribution in [3.8, 4) is 0 Å². The van der Waals surface area contributed by atoms with Crippen LogP contribution in [-0.4, -0.2) is 8.07 Å². The van der Waals surface area contributed by atoms with Crippen molar-refractivity contribution in [2.75, 3.05) is 0 Å². The molecular formula is C13H29Si. The van der Waals surface area contributed by atoms with Crippen molar-refractivity contribution in [1.29, 1.82) is 0 Å². The van der Waals surface area contributed by atoms with Crippen molar-refractivity contribution in [3.63, 3.8) is 0 Å². The van der Waals surface area contributed by atoms with E-state index in [1.165, 1.54) is 50.2 Å². The van der Waals surface area contributed by atoms with E-state index in [1.807, 2.05) is 0 Å². The van der Waals surface area contributed by atoms with E-state index in [2.05, 4.69) is 33.7 Å². The summed E-state index contributed by atoms with van der Waals surface area (Å²) in [5.41, 5.74) is 0. The fraction of sp³-hybridized carbons (Fsp3) is 0.923. The molecule has 0 nitrogen and oxygen atoms in total. The summed E-state index contributed by atoms with van der Waals surface area (Å²) in [5.74, 6) is 0. The van der Waals surface area contributed by atoms with Crippen LogP contribution in [-0.2, 0) is 0 Å². The first kappa shape index (κ1) is 14.2. The molecule has 85 valence electrons. The summed E-state index contributed by atoms with van der Waals surface area (Å²) in [5, 5.41) is 0. The van der Waals surface area contributed by atoms with E-state index in [-0.39, 0.29) is 0 Å². The topological polar surface area (TPSA) is 0 Å². The van der Waals surface area contributed by atoms with Crippen molar-refractivity contribution in [1.82, 2.24) is 0 Å². The van der Waals surface area contributed by atoms with Gasteiger partial charge >= 0.3 is 0 Å². The van der Waals surface area contributed by atoms with Crippen LogP contribution < -0.4 is 0 Å². The molecule has 1 radical (unpaired) electrons. The van der Waals surface area contributed by atoms with Crippen molar-refractivity contribution in [2.45, 2.75) is 77.9 Å². The Morgan fingerprint density at radius 3 is 1.79 bits per heavy atom. The van der Waals surface area contributed by atoms with Gasteiger partial charge < -0.3 is 0 Å². The predicted molar refractivity (Wildman–Crippen MR) is 70.3 cm³/mol. The molecule has 0 bridgehead atoms. The molecule has 0 aromatic rings. The highest BCUT2D eigenvalue weighted by Crippen LogP contribution is 2.25. The molecule has 0 unspecified atom stereocenters. The summed E-state index contributed by atoms with van der Waals surface area (Å²) >= 11 is 0. The highest BCUT2D eigenvalue weighted by molar-refractivity contribution is 6.82. The van der Waals surface area contributed by atoms with E-state index in [9.17, 15) is 0 Å². The zero-order valence-corrected chi connectivity index (χ0v) is 11.7. The molecular weight excluding hydrogens is 184 g/mol. The SMILES string of the molecule is CCCCCC[CH][Si](CC)(CC)CC. The Bertz CT molecular complexity index is 108. The van der Waals surface area contributed by atoms with Crippen LogP contribution in [0.3, 0.4) is 0 Å². The number of unbranched alkanes of at least 4 members (excludes halogenated alkanes) is 4. The molecule has 0 aromatic heterocycles. The smallest absolute Gasteiger partial charge is 0.0558 e. The van der Waals surface area contributed by atoms with E-state index in [1.54, 1.807) is 0 Å². The van der Waals surface area contributed by atoms with Crippen molar-refractivity contribution in [2.24, 2.45) is 0 Å². The predicted octanol–water partition coefficient (Wildman–Crippen LogP) is 5.21. The van der Waals surface area contributed by atoms with Crippen LogP contribution >= 0.6 is 0 Å². The number of hydrogen-bond acceptors (Lipinski definition) is 0.